The summed E-state index contributed by atoms with van der Waals surface area (Å²) in [6.07, 6.45) is -0.538. The van der Waals surface area contributed by atoms with Gasteiger partial charge >= 0.3 is 0 Å². The van der Waals surface area contributed by atoms with Crippen molar-refractivity contribution in [3.8, 4) is 5.75 Å². The van der Waals surface area contributed by atoms with Gasteiger partial charge in [-0.3, -0.25) is 4.79 Å². The van der Waals surface area contributed by atoms with Crippen LogP contribution in [-0.2, 0) is 0 Å². The van der Waals surface area contributed by atoms with Crippen molar-refractivity contribution in [1.29, 1.82) is 0 Å². The molecule has 1 atom stereocenters. The molecule has 0 bridgehead atoms. The number of ether oxygens (including phenoxy) is 1. The van der Waals surface area contributed by atoms with Gasteiger partial charge in [0.2, 0.25) is 0 Å². The lowest BCUT2D eigenvalue weighted by Crippen LogP contribution is -2.15. The van der Waals surface area contributed by atoms with E-state index in [2.05, 4.69) is 10.2 Å². The summed E-state index contributed by atoms with van der Waals surface area (Å²) in [4.78, 5) is 12.4. The Morgan fingerprint density at radius 3 is 2.41 bits per heavy atom. The Morgan fingerprint density at radius 2 is 1.76 bits per heavy atom. The van der Waals surface area contributed by atoms with Crippen molar-refractivity contribution in [1.82, 2.24) is 14.8 Å². The largest absolute Gasteiger partial charge is 0.480 e. The highest BCUT2D eigenvalue weighted by Crippen LogP contribution is 2.28. The molecule has 0 N–H and O–H groups in total. The van der Waals surface area contributed by atoms with Crippen molar-refractivity contribution in [2.45, 2.75) is 38.1 Å². The van der Waals surface area contributed by atoms with Crippen LogP contribution in [0.15, 0.2) is 53.7 Å². The molecule has 0 aliphatic heterocycles. The number of nitrogens with zero attached hydrogens (tertiary/aromatic N) is 3. The highest BCUT2D eigenvalue weighted by Gasteiger charge is 2.23. The van der Waals surface area contributed by atoms with E-state index in [0.29, 0.717) is 16.5 Å². The average molecular weight is 417 g/mol. The van der Waals surface area contributed by atoms with Gasteiger partial charge in [-0.25, -0.2) is 8.78 Å². The van der Waals surface area contributed by atoms with Crippen molar-refractivity contribution in [3.05, 3.63) is 71.6 Å². The standard InChI is InChI=1S/C21H21F2N3O2S/c1-13(2)26-20(14(3)28-19-7-5-4-6-17(19)23)24-25-21(26)29-12-18(27)15-8-10-16(22)11-9-15/h4-11,13-14H,12H2,1-3H3. The second kappa shape index (κ2) is 9.17. The number of carbonyl (C=O) groups is 1. The van der Waals surface area contributed by atoms with Gasteiger partial charge in [-0.15, -0.1) is 10.2 Å². The van der Waals surface area contributed by atoms with E-state index in [1.165, 1.54) is 42.1 Å². The summed E-state index contributed by atoms with van der Waals surface area (Å²) in [7, 11) is 0. The van der Waals surface area contributed by atoms with Gasteiger partial charge in [0.1, 0.15) is 5.82 Å². The molecule has 0 saturated carbocycles. The average Bonchev–Trinajstić information content (AvgIpc) is 3.13. The van der Waals surface area contributed by atoms with Crippen LogP contribution < -0.4 is 4.74 Å². The third kappa shape index (κ3) is 5.00. The molecule has 0 fully saturated rings. The minimum Gasteiger partial charge on any atom is -0.480 e. The summed E-state index contributed by atoms with van der Waals surface area (Å²) in [5.74, 6) is -0.153. The molecule has 1 unspecified atom stereocenters. The summed E-state index contributed by atoms with van der Waals surface area (Å²) < 4.78 is 34.5. The fraction of sp³-hybridized carbons (Fsp3) is 0.286. The molecule has 1 aromatic heterocycles. The van der Waals surface area contributed by atoms with E-state index in [1.807, 2.05) is 18.4 Å². The van der Waals surface area contributed by atoms with Crippen LogP contribution >= 0.6 is 11.8 Å². The van der Waals surface area contributed by atoms with Crippen molar-refractivity contribution < 1.29 is 18.3 Å². The first-order valence-corrected chi connectivity index (χ1v) is 10.1. The fourth-order valence-electron chi connectivity index (χ4n) is 2.78. The van der Waals surface area contributed by atoms with E-state index in [4.69, 9.17) is 4.74 Å². The van der Waals surface area contributed by atoms with E-state index in [0.717, 1.165) is 0 Å². The third-order valence-electron chi connectivity index (χ3n) is 4.21. The van der Waals surface area contributed by atoms with Crippen LogP contribution in [-0.4, -0.2) is 26.3 Å². The van der Waals surface area contributed by atoms with Crippen molar-refractivity contribution in [2.75, 3.05) is 5.75 Å². The first-order valence-electron chi connectivity index (χ1n) is 9.14. The number of benzene rings is 2. The third-order valence-corrected chi connectivity index (χ3v) is 5.15. The van der Waals surface area contributed by atoms with Crippen molar-refractivity contribution >= 4 is 17.5 Å². The van der Waals surface area contributed by atoms with Crippen LogP contribution in [0.5, 0.6) is 5.75 Å². The normalized spacial score (nSPS) is 12.2. The van der Waals surface area contributed by atoms with Gasteiger partial charge < -0.3 is 9.30 Å². The zero-order valence-electron chi connectivity index (χ0n) is 16.3. The number of hydrogen-bond donors (Lipinski definition) is 0. The van der Waals surface area contributed by atoms with Gasteiger partial charge in [0, 0.05) is 11.6 Å². The number of thioether (sulfide) groups is 1. The maximum Gasteiger partial charge on any atom is 0.192 e. The highest BCUT2D eigenvalue weighted by molar-refractivity contribution is 7.99. The topological polar surface area (TPSA) is 57.0 Å². The van der Waals surface area contributed by atoms with E-state index in [1.54, 1.807) is 25.1 Å². The predicted molar refractivity (Wildman–Crippen MR) is 107 cm³/mol. The van der Waals surface area contributed by atoms with Crippen LogP contribution in [0.1, 0.15) is 49.1 Å². The summed E-state index contributed by atoms with van der Waals surface area (Å²) >= 11 is 1.25. The summed E-state index contributed by atoms with van der Waals surface area (Å²) in [5.41, 5.74) is 0.436. The van der Waals surface area contributed by atoms with E-state index < -0.39 is 11.9 Å². The molecule has 8 heteroatoms. The number of para-hydroxylation sites is 1. The molecule has 3 aromatic rings. The number of ketones is 1. The maximum absolute atomic E-state index is 13.9. The molecule has 0 radical (unpaired) electrons. The van der Waals surface area contributed by atoms with E-state index >= 15 is 0 Å². The monoisotopic (exact) mass is 417 g/mol. The van der Waals surface area contributed by atoms with Gasteiger partial charge in [-0.1, -0.05) is 23.9 Å². The molecule has 2 aromatic carbocycles. The van der Waals surface area contributed by atoms with Crippen molar-refractivity contribution in [2.24, 2.45) is 0 Å². The lowest BCUT2D eigenvalue weighted by atomic mass is 10.1. The number of Topliss-reactive ketones (excluding diaryl/α,β-unsaturated/α-hetero) is 1. The molecular formula is C21H21F2N3O2S. The summed E-state index contributed by atoms with van der Waals surface area (Å²) in [6, 6.07) is 11.6. The number of rotatable bonds is 8. The van der Waals surface area contributed by atoms with Gasteiger partial charge in [-0.2, -0.15) is 0 Å². The predicted octanol–water partition coefficient (Wildman–Crippen LogP) is 5.25. The zero-order chi connectivity index (χ0) is 21.0. The Labute approximate surface area is 172 Å². The lowest BCUT2D eigenvalue weighted by Gasteiger charge is -2.19. The van der Waals surface area contributed by atoms with Gasteiger partial charge in [0.25, 0.3) is 0 Å². The highest BCUT2D eigenvalue weighted by atomic mass is 32.2. The van der Waals surface area contributed by atoms with E-state index in [-0.39, 0.29) is 29.1 Å². The molecule has 0 aliphatic rings. The number of carbonyl (C=O) groups excluding carboxylic acids is 1. The molecule has 29 heavy (non-hydrogen) atoms. The Kier molecular flexibility index (Phi) is 6.64. The molecule has 0 spiro atoms. The van der Waals surface area contributed by atoms with Crippen LogP contribution in [0, 0.1) is 11.6 Å². The maximum atomic E-state index is 13.9. The number of hydrogen-bond acceptors (Lipinski definition) is 5. The van der Waals surface area contributed by atoms with Crippen LogP contribution in [0.2, 0.25) is 0 Å². The lowest BCUT2D eigenvalue weighted by molar-refractivity contribution is 0.102. The summed E-state index contributed by atoms with van der Waals surface area (Å²) in [5, 5.41) is 8.97. The first kappa shape index (κ1) is 21.0. The number of halogens is 2. The van der Waals surface area contributed by atoms with Gasteiger partial charge in [0.15, 0.2) is 34.4 Å². The Bertz CT molecular complexity index is 990. The summed E-state index contributed by atoms with van der Waals surface area (Å²) in [6.45, 7) is 5.70. The van der Waals surface area contributed by atoms with Crippen LogP contribution in [0.3, 0.4) is 0 Å². The first-order chi connectivity index (χ1) is 13.9. The van der Waals surface area contributed by atoms with Crippen LogP contribution in [0.4, 0.5) is 8.78 Å². The molecule has 1 heterocycles. The minimum absolute atomic E-state index is 0.00935. The molecule has 0 saturated heterocycles. The smallest absolute Gasteiger partial charge is 0.192 e. The van der Waals surface area contributed by atoms with E-state index in [9.17, 15) is 13.6 Å². The Balaban J connectivity index is 1.75. The van der Waals surface area contributed by atoms with Gasteiger partial charge in [0.05, 0.1) is 5.75 Å². The molecular weight excluding hydrogens is 396 g/mol. The second-order valence-corrected chi connectivity index (χ2v) is 7.66. The molecule has 0 amide bonds. The number of aromatic nitrogens is 3. The fourth-order valence-corrected chi connectivity index (χ4v) is 3.75. The zero-order valence-corrected chi connectivity index (χ0v) is 17.1. The van der Waals surface area contributed by atoms with Crippen molar-refractivity contribution in [3.63, 3.8) is 0 Å². The molecule has 5 nitrogen and oxygen atoms in total. The molecule has 152 valence electrons. The quantitative estimate of drug-likeness (QED) is 0.370. The van der Waals surface area contributed by atoms with Crippen LogP contribution in [0.25, 0.3) is 0 Å². The minimum atomic E-state index is -0.538. The second-order valence-electron chi connectivity index (χ2n) is 6.71. The Morgan fingerprint density at radius 1 is 1.07 bits per heavy atom. The SMILES string of the molecule is CC(Oc1ccccc1F)c1nnc(SCC(=O)c2ccc(F)cc2)n1C(C)C. The molecule has 3 rings (SSSR count). The van der Waals surface area contributed by atoms with Gasteiger partial charge in [-0.05, 0) is 57.2 Å². The Hall–Kier alpha value is -2.74. The molecule has 0 aliphatic carbocycles.